The molecule has 1 aromatic heterocycles. The minimum atomic E-state index is -3.19. The monoisotopic (exact) mass is 377 g/mol. The van der Waals surface area contributed by atoms with Gasteiger partial charge in [0.15, 0.2) is 16.4 Å². The maximum atomic E-state index is 12.8. The zero-order valence-corrected chi connectivity index (χ0v) is 16.0. The van der Waals surface area contributed by atoms with Gasteiger partial charge in [0, 0.05) is 25.4 Å². The summed E-state index contributed by atoms with van der Waals surface area (Å²) in [5, 5.41) is 4.10. The Labute approximate surface area is 153 Å². The number of rotatable bonds is 4. The summed E-state index contributed by atoms with van der Waals surface area (Å²) < 4.78 is 31.5. The van der Waals surface area contributed by atoms with Crippen LogP contribution in [0, 0.1) is 13.8 Å². The molecule has 1 fully saturated rings. The highest BCUT2D eigenvalue weighted by Crippen LogP contribution is 2.27. The fraction of sp³-hybridized carbons (Fsp3) is 0.444. The number of carbonyl (C=O) groups excluding carboxylic acids is 1. The molecule has 0 N–H and O–H groups in total. The summed E-state index contributed by atoms with van der Waals surface area (Å²) in [6.45, 7) is 3.90. The van der Waals surface area contributed by atoms with E-state index in [1.54, 1.807) is 29.0 Å². The second-order valence-corrected chi connectivity index (χ2v) is 8.90. The molecule has 0 saturated carbocycles. The summed E-state index contributed by atoms with van der Waals surface area (Å²) >= 11 is 0. The predicted octanol–water partition coefficient (Wildman–Crippen LogP) is 1.41. The van der Waals surface area contributed by atoms with Gasteiger partial charge in [0.25, 0.3) is 5.91 Å². The van der Waals surface area contributed by atoms with Gasteiger partial charge < -0.3 is 9.64 Å². The van der Waals surface area contributed by atoms with Crippen LogP contribution in [0.2, 0.25) is 0 Å². The topological polar surface area (TPSA) is 81.5 Å². The molecule has 3 rings (SSSR count). The molecular weight excluding hydrogens is 354 g/mol. The Kier molecular flexibility index (Phi) is 5.04. The first-order valence-electron chi connectivity index (χ1n) is 8.44. The van der Waals surface area contributed by atoms with Crippen molar-refractivity contribution in [2.75, 3.05) is 24.7 Å². The quantitative estimate of drug-likeness (QED) is 0.805. The van der Waals surface area contributed by atoms with Gasteiger partial charge in [-0.3, -0.25) is 9.48 Å². The molecule has 2 heterocycles. The molecule has 26 heavy (non-hydrogen) atoms. The van der Waals surface area contributed by atoms with Crippen LogP contribution in [0.1, 0.15) is 22.7 Å². The minimum absolute atomic E-state index is 0.0289. The predicted molar refractivity (Wildman–Crippen MR) is 97.7 cm³/mol. The standard InChI is InChI=1S/C18H23N3O4S/c1-13-5-4-6-14(2)18(13)25-11-17(22)21-7-8-26(23,24)12-16(21)15-9-19-20(3)10-15/h4-6,9-10,16H,7-8,11-12H2,1-3H3. The number of aromatic nitrogens is 2. The molecule has 8 heteroatoms. The van der Waals surface area contributed by atoms with Gasteiger partial charge in [-0.05, 0) is 25.0 Å². The van der Waals surface area contributed by atoms with Crippen LogP contribution < -0.4 is 4.74 Å². The number of nitrogens with zero attached hydrogens (tertiary/aromatic N) is 3. The fourth-order valence-electron chi connectivity index (χ4n) is 3.24. The zero-order chi connectivity index (χ0) is 18.9. The number of amides is 1. The van der Waals surface area contributed by atoms with Crippen LogP contribution in [0.25, 0.3) is 0 Å². The van der Waals surface area contributed by atoms with Gasteiger partial charge in [0.2, 0.25) is 0 Å². The first-order valence-corrected chi connectivity index (χ1v) is 10.3. The Morgan fingerprint density at radius 1 is 1.31 bits per heavy atom. The van der Waals surface area contributed by atoms with E-state index >= 15 is 0 Å². The van der Waals surface area contributed by atoms with E-state index < -0.39 is 15.9 Å². The molecule has 1 aliphatic rings. The van der Waals surface area contributed by atoms with Crippen molar-refractivity contribution in [1.29, 1.82) is 0 Å². The molecule has 0 spiro atoms. The van der Waals surface area contributed by atoms with Gasteiger partial charge in [-0.2, -0.15) is 5.10 Å². The minimum Gasteiger partial charge on any atom is -0.483 e. The van der Waals surface area contributed by atoms with Gasteiger partial charge in [-0.1, -0.05) is 18.2 Å². The third-order valence-electron chi connectivity index (χ3n) is 4.61. The number of sulfone groups is 1. The summed E-state index contributed by atoms with van der Waals surface area (Å²) in [4.78, 5) is 14.4. The van der Waals surface area contributed by atoms with Crippen LogP contribution >= 0.6 is 0 Å². The number of aryl methyl sites for hydroxylation is 3. The van der Waals surface area contributed by atoms with Crippen LogP contribution in [-0.2, 0) is 21.7 Å². The lowest BCUT2D eigenvalue weighted by molar-refractivity contribution is -0.135. The second-order valence-electron chi connectivity index (χ2n) is 6.67. The molecule has 2 aromatic rings. The van der Waals surface area contributed by atoms with Gasteiger partial charge >= 0.3 is 0 Å². The molecule has 1 unspecified atom stereocenters. The van der Waals surface area contributed by atoms with Crippen molar-refractivity contribution < 1.29 is 17.9 Å². The van der Waals surface area contributed by atoms with Crippen LogP contribution in [0.15, 0.2) is 30.6 Å². The maximum Gasteiger partial charge on any atom is 0.261 e. The SMILES string of the molecule is Cc1cccc(C)c1OCC(=O)N1CCS(=O)(=O)CC1c1cnn(C)c1. The fourth-order valence-corrected chi connectivity index (χ4v) is 4.73. The number of benzene rings is 1. The number of para-hydroxylation sites is 1. The van der Waals surface area contributed by atoms with E-state index in [-0.39, 0.29) is 30.6 Å². The molecule has 0 radical (unpaired) electrons. The third-order valence-corrected chi connectivity index (χ3v) is 6.24. The van der Waals surface area contributed by atoms with Gasteiger partial charge in [0.1, 0.15) is 5.75 Å². The zero-order valence-electron chi connectivity index (χ0n) is 15.2. The summed E-state index contributed by atoms with van der Waals surface area (Å²) in [5.41, 5.74) is 2.64. The van der Waals surface area contributed by atoms with Crippen molar-refractivity contribution in [3.8, 4) is 5.75 Å². The van der Waals surface area contributed by atoms with E-state index in [9.17, 15) is 13.2 Å². The van der Waals surface area contributed by atoms with Crippen molar-refractivity contribution in [3.05, 3.63) is 47.3 Å². The lowest BCUT2D eigenvalue weighted by Crippen LogP contribution is -2.47. The van der Waals surface area contributed by atoms with E-state index in [0.29, 0.717) is 5.75 Å². The highest BCUT2D eigenvalue weighted by molar-refractivity contribution is 7.91. The largest absolute Gasteiger partial charge is 0.483 e. The first kappa shape index (κ1) is 18.4. The number of ether oxygens (including phenoxy) is 1. The van der Waals surface area contributed by atoms with Crippen LogP contribution in [0.5, 0.6) is 5.75 Å². The summed E-state index contributed by atoms with van der Waals surface area (Å²) in [7, 11) is -1.43. The van der Waals surface area contributed by atoms with Crippen LogP contribution in [0.4, 0.5) is 0 Å². The highest BCUT2D eigenvalue weighted by Gasteiger charge is 2.35. The molecule has 0 bridgehead atoms. The summed E-state index contributed by atoms with van der Waals surface area (Å²) in [5.74, 6) is 0.354. The molecule has 1 saturated heterocycles. The first-order chi connectivity index (χ1) is 12.3. The Morgan fingerprint density at radius 3 is 2.62 bits per heavy atom. The Morgan fingerprint density at radius 2 is 2.00 bits per heavy atom. The molecule has 1 atom stereocenters. The Hall–Kier alpha value is -2.35. The lowest BCUT2D eigenvalue weighted by Gasteiger charge is -2.35. The van der Waals surface area contributed by atoms with E-state index in [2.05, 4.69) is 5.10 Å². The molecule has 1 aromatic carbocycles. The second kappa shape index (κ2) is 7.11. The van der Waals surface area contributed by atoms with E-state index in [4.69, 9.17) is 4.74 Å². The Balaban J connectivity index is 1.78. The van der Waals surface area contributed by atoms with Crippen molar-refractivity contribution in [2.45, 2.75) is 19.9 Å². The molecule has 1 aliphatic heterocycles. The van der Waals surface area contributed by atoms with E-state index in [1.807, 2.05) is 32.0 Å². The maximum absolute atomic E-state index is 12.8. The average Bonchev–Trinajstić information content (AvgIpc) is 3.00. The summed E-state index contributed by atoms with van der Waals surface area (Å²) in [6.07, 6.45) is 3.36. The van der Waals surface area contributed by atoms with Crippen molar-refractivity contribution in [1.82, 2.24) is 14.7 Å². The van der Waals surface area contributed by atoms with Gasteiger partial charge in [0.05, 0.1) is 23.7 Å². The highest BCUT2D eigenvalue weighted by atomic mass is 32.2. The number of carbonyl (C=O) groups is 1. The van der Waals surface area contributed by atoms with Crippen LogP contribution in [0.3, 0.4) is 0 Å². The third kappa shape index (κ3) is 3.90. The summed E-state index contributed by atoms with van der Waals surface area (Å²) in [6, 6.07) is 5.27. The van der Waals surface area contributed by atoms with Crippen molar-refractivity contribution in [3.63, 3.8) is 0 Å². The molecule has 140 valence electrons. The molecular formula is C18H23N3O4S. The smallest absolute Gasteiger partial charge is 0.261 e. The molecule has 0 aliphatic carbocycles. The molecule has 1 amide bonds. The van der Waals surface area contributed by atoms with Gasteiger partial charge in [-0.25, -0.2) is 8.42 Å². The van der Waals surface area contributed by atoms with Crippen molar-refractivity contribution in [2.24, 2.45) is 7.05 Å². The van der Waals surface area contributed by atoms with E-state index in [1.165, 1.54) is 0 Å². The van der Waals surface area contributed by atoms with E-state index in [0.717, 1.165) is 16.7 Å². The van der Waals surface area contributed by atoms with Crippen molar-refractivity contribution >= 4 is 15.7 Å². The molecule has 7 nitrogen and oxygen atoms in total. The Bertz CT molecular complexity index is 900. The van der Waals surface area contributed by atoms with Crippen LogP contribution in [-0.4, -0.2) is 53.7 Å². The average molecular weight is 377 g/mol. The number of hydrogen-bond donors (Lipinski definition) is 0. The lowest BCUT2D eigenvalue weighted by atomic mass is 10.1. The number of hydrogen-bond acceptors (Lipinski definition) is 5. The normalized spacial score (nSPS) is 19.3. The van der Waals surface area contributed by atoms with Gasteiger partial charge in [-0.15, -0.1) is 0 Å².